The Labute approximate surface area is 258 Å². The van der Waals surface area contributed by atoms with Crippen molar-refractivity contribution in [3.05, 3.63) is 70.2 Å². The Balaban J connectivity index is 1.48. The summed E-state index contributed by atoms with van der Waals surface area (Å²) in [6.45, 7) is 4.06. The van der Waals surface area contributed by atoms with E-state index >= 15 is 0 Å². The summed E-state index contributed by atoms with van der Waals surface area (Å²) in [6.07, 6.45) is 0.905. The average molecular weight is 634 g/mol. The van der Waals surface area contributed by atoms with Crippen LogP contribution in [0.3, 0.4) is 0 Å². The lowest BCUT2D eigenvalue weighted by molar-refractivity contribution is -0.143. The van der Waals surface area contributed by atoms with Crippen LogP contribution in [0.1, 0.15) is 42.9 Å². The number of carbonyl (C=O) groups is 3. The third-order valence-electron chi connectivity index (χ3n) is 7.96. The minimum atomic E-state index is -3.91. The number of benzene rings is 2. The molecule has 2 aromatic carbocycles. The molecule has 2 saturated heterocycles. The van der Waals surface area contributed by atoms with Gasteiger partial charge in [0.1, 0.15) is 6.04 Å². The van der Waals surface area contributed by atoms with Gasteiger partial charge in [0.05, 0.1) is 24.9 Å². The molecule has 234 valence electrons. The van der Waals surface area contributed by atoms with Crippen LogP contribution in [0.4, 0.5) is 0 Å². The Morgan fingerprint density at radius 2 is 1.79 bits per heavy atom. The summed E-state index contributed by atoms with van der Waals surface area (Å²) in [5.41, 5.74) is 8.06. The molecular weight excluding hydrogens is 594 g/mol. The predicted molar refractivity (Wildman–Crippen MR) is 163 cm³/mol. The molecule has 0 saturated carbocycles. The van der Waals surface area contributed by atoms with Gasteiger partial charge in [0.15, 0.2) is 0 Å². The highest BCUT2D eigenvalue weighted by molar-refractivity contribution is 7.88. The lowest BCUT2D eigenvalue weighted by atomic mass is 9.97. The zero-order chi connectivity index (χ0) is 31.0. The summed E-state index contributed by atoms with van der Waals surface area (Å²) in [4.78, 5) is 43.4. The number of halogens is 1. The summed E-state index contributed by atoms with van der Waals surface area (Å²) in [5.74, 6) is -2.15. The number of nitrogens with zero attached hydrogens (tertiary/aromatic N) is 2. The number of ether oxygens (including phenoxy) is 1. The van der Waals surface area contributed by atoms with E-state index in [4.69, 9.17) is 22.1 Å². The second-order valence-corrected chi connectivity index (χ2v) is 13.2. The largest absolute Gasteiger partial charge is 0.378 e. The van der Waals surface area contributed by atoms with Gasteiger partial charge >= 0.3 is 0 Å². The molecule has 11 nitrogen and oxygen atoms in total. The molecule has 3 amide bonds. The van der Waals surface area contributed by atoms with Crippen molar-refractivity contribution in [3.8, 4) is 0 Å². The topological polar surface area (TPSA) is 151 Å². The second-order valence-electron chi connectivity index (χ2n) is 11.0. The number of nitrogens with two attached hydrogens (primary N) is 1. The summed E-state index contributed by atoms with van der Waals surface area (Å²) in [7, 11) is -3.91. The van der Waals surface area contributed by atoms with E-state index in [1.807, 2.05) is 6.07 Å². The van der Waals surface area contributed by atoms with Crippen LogP contribution in [-0.4, -0.2) is 80.9 Å². The molecule has 0 aliphatic carbocycles. The van der Waals surface area contributed by atoms with Crippen molar-refractivity contribution in [1.82, 2.24) is 19.8 Å². The van der Waals surface area contributed by atoms with Crippen molar-refractivity contribution in [1.29, 1.82) is 0 Å². The van der Waals surface area contributed by atoms with E-state index in [1.165, 1.54) is 4.90 Å². The van der Waals surface area contributed by atoms with Crippen LogP contribution in [0.5, 0.6) is 0 Å². The van der Waals surface area contributed by atoms with Crippen molar-refractivity contribution in [2.45, 2.75) is 57.1 Å². The van der Waals surface area contributed by atoms with Crippen molar-refractivity contribution in [2.24, 2.45) is 11.7 Å². The molecule has 3 unspecified atom stereocenters. The van der Waals surface area contributed by atoms with Crippen LogP contribution in [0.25, 0.3) is 0 Å². The highest BCUT2D eigenvalue weighted by Gasteiger charge is 2.40. The van der Waals surface area contributed by atoms with Crippen molar-refractivity contribution in [3.63, 3.8) is 0 Å². The Kier molecular flexibility index (Phi) is 11.6. The van der Waals surface area contributed by atoms with E-state index in [2.05, 4.69) is 10.0 Å². The number of hydrogen-bond donors (Lipinski definition) is 3. The molecule has 4 N–H and O–H groups in total. The molecule has 4 rings (SSSR count). The molecule has 2 heterocycles. The molecule has 2 aromatic rings. The van der Waals surface area contributed by atoms with Gasteiger partial charge in [0, 0.05) is 50.2 Å². The van der Waals surface area contributed by atoms with Crippen molar-refractivity contribution >= 4 is 39.3 Å². The van der Waals surface area contributed by atoms with Crippen molar-refractivity contribution < 1.29 is 27.5 Å². The number of morpholine rings is 1. The van der Waals surface area contributed by atoms with Crippen molar-refractivity contribution in [2.75, 3.05) is 32.8 Å². The molecule has 0 radical (unpaired) electrons. The van der Waals surface area contributed by atoms with Gasteiger partial charge in [-0.1, -0.05) is 54.9 Å². The summed E-state index contributed by atoms with van der Waals surface area (Å²) < 4.78 is 34.4. The molecule has 2 fully saturated rings. The fourth-order valence-corrected chi connectivity index (χ4v) is 7.17. The van der Waals surface area contributed by atoms with E-state index in [0.717, 1.165) is 11.1 Å². The maximum absolute atomic E-state index is 13.9. The van der Waals surface area contributed by atoms with Crippen LogP contribution in [0, 0.1) is 5.92 Å². The summed E-state index contributed by atoms with van der Waals surface area (Å²) in [5, 5.41) is 3.43. The van der Waals surface area contributed by atoms with E-state index < -0.39 is 28.0 Å². The van der Waals surface area contributed by atoms with Gasteiger partial charge in [0.25, 0.3) is 0 Å². The highest BCUT2D eigenvalue weighted by Crippen LogP contribution is 2.24. The van der Waals surface area contributed by atoms with Gasteiger partial charge in [0.2, 0.25) is 27.7 Å². The van der Waals surface area contributed by atoms with Gasteiger partial charge < -0.3 is 25.6 Å². The van der Waals surface area contributed by atoms with Gasteiger partial charge in [-0.3, -0.25) is 14.4 Å². The van der Waals surface area contributed by atoms with Crippen LogP contribution in [0.2, 0.25) is 5.02 Å². The second kappa shape index (κ2) is 15.1. The van der Waals surface area contributed by atoms with Crippen LogP contribution in [0.15, 0.2) is 48.5 Å². The van der Waals surface area contributed by atoms with Gasteiger partial charge in [-0.2, -0.15) is 0 Å². The Morgan fingerprint density at radius 1 is 1.07 bits per heavy atom. The maximum Gasteiger partial charge on any atom is 0.243 e. The minimum absolute atomic E-state index is 0.192. The Bertz CT molecular complexity index is 1390. The van der Waals surface area contributed by atoms with Crippen LogP contribution >= 0.6 is 11.6 Å². The minimum Gasteiger partial charge on any atom is -0.378 e. The van der Waals surface area contributed by atoms with Gasteiger partial charge in [-0.15, -0.1) is 0 Å². The quantitative estimate of drug-likeness (QED) is 0.322. The first-order valence-electron chi connectivity index (χ1n) is 14.5. The molecule has 13 heteroatoms. The maximum atomic E-state index is 13.9. The van der Waals surface area contributed by atoms with E-state index in [0.29, 0.717) is 62.8 Å². The fraction of sp³-hybridized carbons (Fsp3) is 0.500. The molecule has 43 heavy (non-hydrogen) atoms. The SMILES string of the molecule is CC(C(=O)N1CCCC1C(=O)NCc1cc(Cl)ccc1CN)C(CC(=O)N1CCOCC1)NS(=O)(=O)Cc1ccccc1. The monoisotopic (exact) mass is 633 g/mol. The summed E-state index contributed by atoms with van der Waals surface area (Å²) >= 11 is 6.13. The number of carbonyl (C=O) groups excluding carboxylic acids is 3. The molecular formula is C30H40ClN5O6S. The van der Waals surface area contributed by atoms with E-state index in [1.54, 1.807) is 54.3 Å². The molecule has 0 aromatic heterocycles. The average Bonchev–Trinajstić information content (AvgIpc) is 3.49. The third-order valence-corrected chi connectivity index (χ3v) is 9.57. The zero-order valence-corrected chi connectivity index (χ0v) is 25.9. The molecule has 2 aliphatic rings. The number of sulfonamides is 1. The lowest BCUT2D eigenvalue weighted by Crippen LogP contribution is -2.53. The smallest absolute Gasteiger partial charge is 0.243 e. The van der Waals surface area contributed by atoms with Crippen LogP contribution in [-0.2, 0) is 48.0 Å². The number of likely N-dealkylation sites (tertiary alicyclic amines) is 1. The number of nitrogens with one attached hydrogen (secondary N) is 2. The number of hydrogen-bond acceptors (Lipinski definition) is 7. The number of amides is 3. The first kappa shape index (κ1) is 32.9. The Hall–Kier alpha value is -3.03. The predicted octanol–water partition coefficient (Wildman–Crippen LogP) is 1.78. The first-order valence-corrected chi connectivity index (χ1v) is 16.6. The molecule has 2 aliphatic heterocycles. The van der Waals surface area contributed by atoms with Gasteiger partial charge in [-0.05, 0) is 41.7 Å². The molecule has 3 atom stereocenters. The molecule has 0 spiro atoms. The van der Waals surface area contributed by atoms with E-state index in [-0.39, 0.29) is 36.4 Å². The molecule has 0 bridgehead atoms. The summed E-state index contributed by atoms with van der Waals surface area (Å²) in [6, 6.07) is 12.3. The fourth-order valence-electron chi connectivity index (χ4n) is 5.51. The normalized spacial score (nSPS) is 18.7. The Morgan fingerprint density at radius 3 is 2.49 bits per heavy atom. The number of rotatable bonds is 12. The van der Waals surface area contributed by atoms with Gasteiger partial charge in [-0.25, -0.2) is 13.1 Å². The lowest BCUT2D eigenvalue weighted by Gasteiger charge is -2.33. The van der Waals surface area contributed by atoms with Crippen LogP contribution < -0.4 is 15.8 Å². The first-order chi connectivity index (χ1) is 20.6. The highest BCUT2D eigenvalue weighted by atomic mass is 35.5. The van der Waals surface area contributed by atoms with E-state index in [9.17, 15) is 22.8 Å². The zero-order valence-electron chi connectivity index (χ0n) is 24.3. The third kappa shape index (κ3) is 8.99. The standard InChI is InChI=1S/C30H40ClN5O6S/c1-21(30(39)36-11-5-8-27(36)29(38)33-19-24-16-25(31)10-9-23(24)18-32)26(17-28(37)35-12-14-42-15-13-35)34-43(40,41)20-22-6-3-2-4-7-22/h2-4,6-7,9-10,16,21,26-27,34H,5,8,11-15,17-20,32H2,1H3,(H,33,38).